The van der Waals surface area contributed by atoms with Crippen LogP contribution < -0.4 is 5.32 Å². The molecule has 0 saturated carbocycles. The molecule has 2 aliphatic rings. The van der Waals surface area contributed by atoms with Gasteiger partial charge in [-0.3, -0.25) is 9.69 Å². The number of carbonyl (C=O) groups is 1. The highest BCUT2D eigenvalue weighted by Crippen LogP contribution is 2.24. The van der Waals surface area contributed by atoms with Crippen LogP contribution in [0, 0.1) is 0 Å². The molecule has 2 heterocycles. The lowest BCUT2D eigenvalue weighted by Gasteiger charge is -2.36. The zero-order valence-corrected chi connectivity index (χ0v) is 7.55. The number of amides is 1. The van der Waals surface area contributed by atoms with E-state index >= 15 is 0 Å². The Hall–Kier alpha value is -0.570. The number of nitrogens with zero attached hydrogens (tertiary/aromatic N) is 1. The number of carbonyl (C=O) groups excluding carboxylic acids is 1. The first kappa shape index (κ1) is 8.05. The van der Waals surface area contributed by atoms with Gasteiger partial charge in [-0.25, -0.2) is 0 Å². The Morgan fingerprint density at radius 2 is 2.17 bits per heavy atom. The van der Waals surface area contributed by atoms with Gasteiger partial charge in [-0.05, 0) is 19.9 Å². The Labute approximate surface area is 73.1 Å². The topological polar surface area (TPSA) is 32.3 Å². The molecule has 68 valence electrons. The lowest BCUT2D eigenvalue weighted by Crippen LogP contribution is -2.44. The van der Waals surface area contributed by atoms with Crippen molar-refractivity contribution < 1.29 is 4.79 Å². The van der Waals surface area contributed by atoms with Crippen LogP contribution in [0.1, 0.15) is 25.7 Å². The van der Waals surface area contributed by atoms with Crippen LogP contribution in [0.4, 0.5) is 0 Å². The highest BCUT2D eigenvalue weighted by Gasteiger charge is 2.31. The molecule has 2 rings (SSSR count). The van der Waals surface area contributed by atoms with Gasteiger partial charge in [-0.15, -0.1) is 0 Å². The number of hydrogen-bond acceptors (Lipinski definition) is 2. The Kier molecular flexibility index (Phi) is 2.05. The standard InChI is InChI=1S/C9H16N2O/c1-11-7-3-2-4-8(11)6-10-9(12)5-7/h7-8H,2-6H2,1H3,(H,10,12)/t7-,8-/m1/s1. The smallest absolute Gasteiger partial charge is 0.221 e. The predicted molar refractivity (Wildman–Crippen MR) is 46.8 cm³/mol. The molecule has 0 aromatic carbocycles. The number of piperidine rings is 1. The van der Waals surface area contributed by atoms with Gasteiger partial charge in [0.15, 0.2) is 0 Å². The van der Waals surface area contributed by atoms with Crippen LogP contribution >= 0.6 is 0 Å². The van der Waals surface area contributed by atoms with E-state index < -0.39 is 0 Å². The lowest BCUT2D eigenvalue weighted by molar-refractivity contribution is -0.121. The zero-order chi connectivity index (χ0) is 8.55. The van der Waals surface area contributed by atoms with E-state index in [9.17, 15) is 4.79 Å². The summed E-state index contributed by atoms with van der Waals surface area (Å²) in [6.07, 6.45) is 4.43. The number of fused-ring (bicyclic) bond motifs is 2. The highest BCUT2D eigenvalue weighted by atomic mass is 16.1. The summed E-state index contributed by atoms with van der Waals surface area (Å²) in [7, 11) is 2.15. The minimum absolute atomic E-state index is 0.233. The van der Waals surface area contributed by atoms with Gasteiger partial charge in [0.05, 0.1) is 0 Å². The second-order valence-electron chi connectivity index (χ2n) is 3.91. The molecule has 0 aliphatic carbocycles. The SMILES string of the molecule is CN1[C@@H]2CCC[C@@H]1CC(=O)NC2. The number of hydrogen-bond donors (Lipinski definition) is 1. The third-order valence-corrected chi connectivity index (χ3v) is 3.18. The van der Waals surface area contributed by atoms with Gasteiger partial charge in [0.2, 0.25) is 5.91 Å². The Morgan fingerprint density at radius 1 is 1.42 bits per heavy atom. The van der Waals surface area contributed by atoms with E-state index in [-0.39, 0.29) is 5.91 Å². The van der Waals surface area contributed by atoms with Crippen molar-refractivity contribution in [2.75, 3.05) is 13.6 Å². The van der Waals surface area contributed by atoms with Gasteiger partial charge >= 0.3 is 0 Å². The quantitative estimate of drug-likeness (QED) is 0.566. The summed E-state index contributed by atoms with van der Waals surface area (Å²) in [5, 5.41) is 2.97. The first-order chi connectivity index (χ1) is 5.77. The molecule has 2 bridgehead atoms. The van der Waals surface area contributed by atoms with Crippen molar-refractivity contribution in [3.05, 3.63) is 0 Å². The van der Waals surface area contributed by atoms with Crippen molar-refractivity contribution in [1.29, 1.82) is 0 Å². The molecular formula is C9H16N2O. The van der Waals surface area contributed by atoms with Crippen molar-refractivity contribution in [2.24, 2.45) is 0 Å². The van der Waals surface area contributed by atoms with Crippen molar-refractivity contribution in [1.82, 2.24) is 10.2 Å². The maximum absolute atomic E-state index is 11.2. The summed E-state index contributed by atoms with van der Waals surface area (Å²) >= 11 is 0. The van der Waals surface area contributed by atoms with Crippen LogP contribution in [0.15, 0.2) is 0 Å². The second kappa shape index (κ2) is 3.05. The predicted octanol–water partition coefficient (Wildman–Crippen LogP) is 0.359. The van der Waals surface area contributed by atoms with E-state index in [1.807, 2.05) is 0 Å². The largest absolute Gasteiger partial charge is 0.354 e. The lowest BCUT2D eigenvalue weighted by atomic mass is 9.96. The summed E-state index contributed by atoms with van der Waals surface area (Å²) in [5.41, 5.74) is 0. The van der Waals surface area contributed by atoms with Crippen LogP contribution in [0.25, 0.3) is 0 Å². The first-order valence-electron chi connectivity index (χ1n) is 4.76. The molecule has 3 nitrogen and oxygen atoms in total. The molecule has 0 spiro atoms. The van der Waals surface area contributed by atoms with E-state index in [1.165, 1.54) is 19.3 Å². The molecule has 2 saturated heterocycles. The van der Waals surface area contributed by atoms with Crippen molar-refractivity contribution >= 4 is 5.91 Å². The van der Waals surface area contributed by atoms with Gasteiger partial charge < -0.3 is 5.32 Å². The van der Waals surface area contributed by atoms with Crippen molar-refractivity contribution in [2.45, 2.75) is 37.8 Å². The summed E-state index contributed by atoms with van der Waals surface area (Å²) in [6, 6.07) is 1.10. The molecule has 1 amide bonds. The second-order valence-corrected chi connectivity index (χ2v) is 3.91. The summed E-state index contributed by atoms with van der Waals surface area (Å²) in [5.74, 6) is 0.233. The monoisotopic (exact) mass is 168 g/mol. The average Bonchev–Trinajstić information content (AvgIpc) is 2.17. The molecule has 12 heavy (non-hydrogen) atoms. The fourth-order valence-corrected chi connectivity index (χ4v) is 2.30. The van der Waals surface area contributed by atoms with Crippen LogP contribution in [-0.4, -0.2) is 36.5 Å². The van der Waals surface area contributed by atoms with Crippen LogP contribution in [0.5, 0.6) is 0 Å². The number of likely N-dealkylation sites (N-methyl/N-ethyl adjacent to an activating group) is 1. The molecule has 2 aliphatic heterocycles. The third kappa shape index (κ3) is 1.33. The number of nitrogens with one attached hydrogen (secondary N) is 1. The Bertz CT molecular complexity index is 193. The van der Waals surface area contributed by atoms with Crippen molar-refractivity contribution in [3.63, 3.8) is 0 Å². The van der Waals surface area contributed by atoms with Crippen LogP contribution in [0.3, 0.4) is 0 Å². The van der Waals surface area contributed by atoms with E-state index in [2.05, 4.69) is 17.3 Å². The van der Waals surface area contributed by atoms with Gasteiger partial charge in [-0.1, -0.05) is 6.42 Å². The molecule has 0 aromatic heterocycles. The third-order valence-electron chi connectivity index (χ3n) is 3.18. The molecule has 0 aromatic rings. The van der Waals surface area contributed by atoms with Crippen LogP contribution in [-0.2, 0) is 4.79 Å². The normalized spacial score (nSPS) is 37.2. The van der Waals surface area contributed by atoms with Gasteiger partial charge in [0.1, 0.15) is 0 Å². The van der Waals surface area contributed by atoms with Gasteiger partial charge in [0.25, 0.3) is 0 Å². The zero-order valence-electron chi connectivity index (χ0n) is 7.55. The fraction of sp³-hybridized carbons (Fsp3) is 0.889. The maximum Gasteiger partial charge on any atom is 0.221 e. The first-order valence-corrected chi connectivity index (χ1v) is 4.76. The van der Waals surface area contributed by atoms with Crippen LogP contribution in [0.2, 0.25) is 0 Å². The summed E-state index contributed by atoms with van der Waals surface area (Å²) in [4.78, 5) is 13.6. The Morgan fingerprint density at radius 3 is 3.00 bits per heavy atom. The molecule has 3 heteroatoms. The van der Waals surface area contributed by atoms with E-state index in [4.69, 9.17) is 0 Å². The summed E-state index contributed by atoms with van der Waals surface area (Å²) in [6.45, 7) is 0.853. The maximum atomic E-state index is 11.2. The molecule has 0 unspecified atom stereocenters. The molecule has 2 atom stereocenters. The summed E-state index contributed by atoms with van der Waals surface area (Å²) < 4.78 is 0. The van der Waals surface area contributed by atoms with E-state index in [0.29, 0.717) is 18.5 Å². The molecule has 1 N–H and O–H groups in total. The molecular weight excluding hydrogens is 152 g/mol. The van der Waals surface area contributed by atoms with E-state index in [1.54, 1.807) is 0 Å². The molecule has 0 radical (unpaired) electrons. The van der Waals surface area contributed by atoms with Gasteiger partial charge in [0, 0.05) is 25.0 Å². The fourth-order valence-electron chi connectivity index (χ4n) is 2.30. The van der Waals surface area contributed by atoms with Crippen molar-refractivity contribution in [3.8, 4) is 0 Å². The minimum Gasteiger partial charge on any atom is -0.354 e. The van der Waals surface area contributed by atoms with Gasteiger partial charge in [-0.2, -0.15) is 0 Å². The molecule has 2 fully saturated rings. The Balaban J connectivity index is 2.13. The van der Waals surface area contributed by atoms with E-state index in [0.717, 1.165) is 6.54 Å². The highest BCUT2D eigenvalue weighted by molar-refractivity contribution is 5.76. The average molecular weight is 168 g/mol. The minimum atomic E-state index is 0.233. The number of rotatable bonds is 0.